The van der Waals surface area contributed by atoms with Gasteiger partial charge in [-0.05, 0) is 12.8 Å². The number of carbonyl (C=O) groups excluding carboxylic acids is 1. The zero-order chi connectivity index (χ0) is 13.5. The Hall–Kier alpha value is -0.830. The molecule has 0 aromatic heterocycles. The first kappa shape index (κ1) is 17.2. The number of hydrogen-bond acceptors (Lipinski definition) is 3. The van der Waals surface area contributed by atoms with Gasteiger partial charge in [0.1, 0.15) is 0 Å². The molecule has 0 spiro atoms. The Morgan fingerprint density at radius 1 is 0.944 bits per heavy atom. The molecule has 0 aromatic carbocycles. The van der Waals surface area contributed by atoms with Crippen molar-refractivity contribution >= 4 is 5.97 Å². The largest absolute Gasteiger partial charge is 0.365 e. The number of hydrogen-bond donors (Lipinski definition) is 0. The normalized spacial score (nSPS) is 11.0. The summed E-state index contributed by atoms with van der Waals surface area (Å²) in [4.78, 5) is 19.4. The monoisotopic (exact) mass is 256 g/mol. The summed E-state index contributed by atoms with van der Waals surface area (Å²) in [5.74, 6) is -0.437. The minimum absolute atomic E-state index is 0.437. The molecule has 0 radical (unpaired) electrons. The Morgan fingerprint density at radius 3 is 2.06 bits per heavy atom. The maximum atomic E-state index is 10.9. The van der Waals surface area contributed by atoms with Crippen LogP contribution in [0.15, 0.2) is 12.2 Å². The molecule has 0 N–H and O–H groups in total. The maximum Gasteiger partial charge on any atom is 0.365 e. The predicted molar refractivity (Wildman–Crippen MR) is 74.1 cm³/mol. The lowest BCUT2D eigenvalue weighted by atomic mass is 10.1. The van der Waals surface area contributed by atoms with E-state index in [-0.39, 0.29) is 0 Å². The molecule has 0 amide bonds. The van der Waals surface area contributed by atoms with E-state index >= 15 is 0 Å². The van der Waals surface area contributed by atoms with Gasteiger partial charge in [0, 0.05) is 6.08 Å². The number of rotatable bonds is 12. The maximum absolute atomic E-state index is 10.9. The Kier molecular flexibility index (Phi) is 13.6. The summed E-state index contributed by atoms with van der Waals surface area (Å²) >= 11 is 0. The lowest BCUT2D eigenvalue weighted by Crippen LogP contribution is -1.97. The first-order valence-electron chi connectivity index (χ1n) is 7.22. The number of allylic oxidation sites excluding steroid dienone is 1. The van der Waals surface area contributed by atoms with Gasteiger partial charge in [-0.2, -0.15) is 4.89 Å². The summed E-state index contributed by atoms with van der Waals surface area (Å²) in [6, 6.07) is 0. The van der Waals surface area contributed by atoms with Gasteiger partial charge in [-0.1, -0.05) is 64.4 Å². The smallest absolute Gasteiger partial charge is 0.294 e. The average molecular weight is 256 g/mol. The second-order valence-corrected chi connectivity index (χ2v) is 4.59. The molecule has 0 rings (SSSR count). The standard InChI is InChI=1S/C15H28O3/c1-3-4-5-6-7-8-9-10-11-12-13-14-15(16)18-17-2/h13-14H,3-12H2,1-2H3. The highest BCUT2D eigenvalue weighted by Crippen LogP contribution is 2.10. The van der Waals surface area contributed by atoms with Crippen molar-refractivity contribution in [3.05, 3.63) is 12.2 Å². The van der Waals surface area contributed by atoms with Crippen LogP contribution >= 0.6 is 0 Å². The summed E-state index contributed by atoms with van der Waals surface area (Å²) < 4.78 is 0. The number of carbonyl (C=O) groups is 1. The quantitative estimate of drug-likeness (QED) is 0.222. The summed E-state index contributed by atoms with van der Waals surface area (Å²) in [5, 5.41) is 0. The summed E-state index contributed by atoms with van der Waals surface area (Å²) in [6.07, 6.45) is 16.1. The van der Waals surface area contributed by atoms with Gasteiger partial charge in [0.25, 0.3) is 0 Å². The van der Waals surface area contributed by atoms with Crippen LogP contribution in [-0.2, 0) is 14.6 Å². The van der Waals surface area contributed by atoms with Gasteiger partial charge in [0.2, 0.25) is 0 Å². The van der Waals surface area contributed by atoms with E-state index in [0.29, 0.717) is 0 Å². The molecule has 0 aliphatic rings. The third kappa shape index (κ3) is 13.2. The lowest BCUT2D eigenvalue weighted by molar-refractivity contribution is -0.249. The van der Waals surface area contributed by atoms with E-state index in [1.807, 2.05) is 6.08 Å². The van der Waals surface area contributed by atoms with Crippen molar-refractivity contribution in [2.75, 3.05) is 7.11 Å². The van der Waals surface area contributed by atoms with Crippen LogP contribution in [-0.4, -0.2) is 13.1 Å². The van der Waals surface area contributed by atoms with Crippen molar-refractivity contribution in [3.63, 3.8) is 0 Å². The van der Waals surface area contributed by atoms with Gasteiger partial charge in [0.15, 0.2) is 0 Å². The van der Waals surface area contributed by atoms with Crippen molar-refractivity contribution in [2.24, 2.45) is 0 Å². The topological polar surface area (TPSA) is 35.5 Å². The molecule has 0 aliphatic carbocycles. The molecule has 0 bridgehead atoms. The van der Waals surface area contributed by atoms with Gasteiger partial charge >= 0.3 is 5.97 Å². The SMILES string of the molecule is CCCCCCCCCCCC=CC(=O)OOC. The molecule has 0 heterocycles. The third-order valence-electron chi connectivity index (χ3n) is 2.89. The van der Waals surface area contributed by atoms with E-state index in [4.69, 9.17) is 0 Å². The molecule has 3 nitrogen and oxygen atoms in total. The molecule has 18 heavy (non-hydrogen) atoms. The summed E-state index contributed by atoms with van der Waals surface area (Å²) in [6.45, 7) is 2.25. The van der Waals surface area contributed by atoms with Crippen LogP contribution in [0.3, 0.4) is 0 Å². The molecule has 106 valence electrons. The molecule has 0 fully saturated rings. The molecular weight excluding hydrogens is 228 g/mol. The Labute approximate surface area is 111 Å². The van der Waals surface area contributed by atoms with Crippen LogP contribution < -0.4 is 0 Å². The van der Waals surface area contributed by atoms with Gasteiger partial charge in [-0.15, -0.1) is 0 Å². The van der Waals surface area contributed by atoms with Crippen LogP contribution in [0.5, 0.6) is 0 Å². The van der Waals surface area contributed by atoms with Gasteiger partial charge in [-0.3, -0.25) is 4.89 Å². The van der Waals surface area contributed by atoms with Crippen molar-refractivity contribution in [1.29, 1.82) is 0 Å². The van der Waals surface area contributed by atoms with Gasteiger partial charge in [0.05, 0.1) is 7.11 Å². The zero-order valence-corrected chi connectivity index (χ0v) is 12.0. The van der Waals surface area contributed by atoms with E-state index in [1.54, 1.807) is 0 Å². The van der Waals surface area contributed by atoms with Crippen molar-refractivity contribution in [2.45, 2.75) is 71.1 Å². The zero-order valence-electron chi connectivity index (χ0n) is 12.0. The molecule has 0 saturated heterocycles. The summed E-state index contributed by atoms with van der Waals surface area (Å²) in [5.41, 5.74) is 0. The van der Waals surface area contributed by atoms with Crippen LogP contribution in [0, 0.1) is 0 Å². The van der Waals surface area contributed by atoms with Gasteiger partial charge < -0.3 is 0 Å². The molecule has 0 atom stereocenters. The predicted octanol–water partition coefficient (Wildman–Crippen LogP) is 4.57. The molecule has 0 aliphatic heterocycles. The van der Waals surface area contributed by atoms with Crippen molar-refractivity contribution in [3.8, 4) is 0 Å². The Balaban J connectivity index is 3.13. The molecule has 0 aromatic rings. The van der Waals surface area contributed by atoms with Crippen LogP contribution in [0.25, 0.3) is 0 Å². The highest BCUT2D eigenvalue weighted by Gasteiger charge is 1.94. The highest BCUT2D eigenvalue weighted by molar-refractivity contribution is 5.81. The Bertz CT molecular complexity index is 212. The second-order valence-electron chi connectivity index (χ2n) is 4.59. The van der Waals surface area contributed by atoms with E-state index in [0.717, 1.165) is 12.8 Å². The van der Waals surface area contributed by atoms with Crippen LogP contribution in [0.4, 0.5) is 0 Å². The fourth-order valence-electron chi connectivity index (χ4n) is 1.86. The van der Waals surface area contributed by atoms with E-state index < -0.39 is 5.97 Å². The fraction of sp³-hybridized carbons (Fsp3) is 0.800. The fourth-order valence-corrected chi connectivity index (χ4v) is 1.86. The van der Waals surface area contributed by atoms with Crippen molar-refractivity contribution < 1.29 is 14.6 Å². The molecule has 3 heteroatoms. The minimum Gasteiger partial charge on any atom is -0.294 e. The van der Waals surface area contributed by atoms with E-state index in [2.05, 4.69) is 16.7 Å². The third-order valence-corrected chi connectivity index (χ3v) is 2.89. The van der Waals surface area contributed by atoms with Gasteiger partial charge in [-0.25, -0.2) is 4.79 Å². The number of unbranched alkanes of at least 4 members (excludes halogenated alkanes) is 9. The molecular formula is C15H28O3. The Morgan fingerprint density at radius 2 is 1.50 bits per heavy atom. The molecule has 0 saturated carbocycles. The van der Waals surface area contributed by atoms with Crippen molar-refractivity contribution in [1.82, 2.24) is 0 Å². The first-order chi connectivity index (χ1) is 8.81. The average Bonchev–Trinajstić information content (AvgIpc) is 2.36. The second kappa shape index (κ2) is 14.2. The highest BCUT2D eigenvalue weighted by atomic mass is 17.2. The van der Waals surface area contributed by atoms with Crippen LogP contribution in [0.1, 0.15) is 71.1 Å². The first-order valence-corrected chi connectivity index (χ1v) is 7.22. The minimum atomic E-state index is -0.437. The summed E-state index contributed by atoms with van der Waals surface area (Å²) in [7, 11) is 1.33. The molecule has 0 unspecified atom stereocenters. The van der Waals surface area contributed by atoms with E-state index in [1.165, 1.54) is 64.6 Å². The lowest BCUT2D eigenvalue weighted by Gasteiger charge is -2.00. The van der Waals surface area contributed by atoms with Crippen LogP contribution in [0.2, 0.25) is 0 Å². The van der Waals surface area contributed by atoms with E-state index in [9.17, 15) is 4.79 Å².